The number of halogens is 1. The average Bonchev–Trinajstić information content (AvgIpc) is 2.14. The fourth-order valence-corrected chi connectivity index (χ4v) is 1.85. The second-order valence-electron chi connectivity index (χ2n) is 5.77. The summed E-state index contributed by atoms with van der Waals surface area (Å²) in [7, 11) is 0. The number of hydrogen-bond donors (Lipinski definition) is 1. The first-order valence-electron chi connectivity index (χ1n) is 5.86. The lowest BCUT2D eigenvalue weighted by Gasteiger charge is -2.36. The molecular weight excluding hydrogens is 224 g/mol. The van der Waals surface area contributed by atoms with Gasteiger partial charge < -0.3 is 10.6 Å². The fraction of sp³-hybridized carbons (Fsp3) is 0.917. The van der Waals surface area contributed by atoms with Crippen molar-refractivity contribution in [3.05, 3.63) is 0 Å². The molecule has 0 saturated carbocycles. The van der Waals surface area contributed by atoms with Crippen LogP contribution in [0.2, 0.25) is 0 Å². The van der Waals surface area contributed by atoms with Gasteiger partial charge in [0.25, 0.3) is 0 Å². The van der Waals surface area contributed by atoms with Gasteiger partial charge in [0.05, 0.1) is 0 Å². The number of piperidine rings is 1. The van der Waals surface area contributed by atoms with Gasteiger partial charge in [0.1, 0.15) is 0 Å². The standard InChI is InChI=1S/C12H24N2O.ClH/c1-9(12(2,3)4)11(15)14-7-5-6-10(13)8-14;/h9-10H,5-8,13H2,1-4H3;1H. The van der Waals surface area contributed by atoms with Gasteiger partial charge in [-0.2, -0.15) is 0 Å². The Hall–Kier alpha value is -0.280. The largest absolute Gasteiger partial charge is 0.341 e. The van der Waals surface area contributed by atoms with E-state index in [1.807, 2.05) is 11.8 Å². The van der Waals surface area contributed by atoms with Gasteiger partial charge in [-0.1, -0.05) is 27.7 Å². The molecule has 2 atom stereocenters. The van der Waals surface area contributed by atoms with Crippen molar-refractivity contribution in [1.29, 1.82) is 0 Å². The Balaban J connectivity index is 0.00000225. The molecule has 1 fully saturated rings. The molecule has 16 heavy (non-hydrogen) atoms. The summed E-state index contributed by atoms with van der Waals surface area (Å²) < 4.78 is 0. The van der Waals surface area contributed by atoms with Gasteiger partial charge in [-0.15, -0.1) is 12.4 Å². The lowest BCUT2D eigenvalue weighted by Crippen LogP contribution is -2.49. The van der Waals surface area contributed by atoms with Crippen LogP contribution in [0, 0.1) is 11.3 Å². The molecule has 1 heterocycles. The van der Waals surface area contributed by atoms with E-state index < -0.39 is 0 Å². The average molecular weight is 249 g/mol. The zero-order chi connectivity index (χ0) is 11.6. The summed E-state index contributed by atoms with van der Waals surface area (Å²) in [5, 5.41) is 0. The Labute approximate surface area is 105 Å². The lowest BCUT2D eigenvalue weighted by molar-refractivity contribution is -0.139. The first-order valence-corrected chi connectivity index (χ1v) is 5.86. The molecule has 0 aliphatic carbocycles. The molecule has 2 unspecified atom stereocenters. The molecule has 2 N–H and O–H groups in total. The minimum Gasteiger partial charge on any atom is -0.341 e. The van der Waals surface area contributed by atoms with E-state index in [2.05, 4.69) is 20.8 Å². The SMILES string of the molecule is CC(C(=O)N1CCCC(N)C1)C(C)(C)C.Cl. The molecule has 1 aliphatic rings. The summed E-state index contributed by atoms with van der Waals surface area (Å²) >= 11 is 0. The van der Waals surface area contributed by atoms with E-state index >= 15 is 0 Å². The van der Waals surface area contributed by atoms with Crippen LogP contribution in [0.1, 0.15) is 40.5 Å². The smallest absolute Gasteiger partial charge is 0.225 e. The molecule has 0 spiro atoms. The third-order valence-corrected chi connectivity index (χ3v) is 3.44. The maximum atomic E-state index is 12.2. The van der Waals surface area contributed by atoms with Crippen molar-refractivity contribution in [2.45, 2.75) is 46.6 Å². The van der Waals surface area contributed by atoms with Crippen LogP contribution >= 0.6 is 12.4 Å². The highest BCUT2D eigenvalue weighted by molar-refractivity contribution is 5.85. The van der Waals surface area contributed by atoms with Crippen LogP contribution in [0.3, 0.4) is 0 Å². The van der Waals surface area contributed by atoms with E-state index in [1.54, 1.807) is 0 Å². The fourth-order valence-electron chi connectivity index (χ4n) is 1.85. The highest BCUT2D eigenvalue weighted by Gasteiger charge is 2.31. The van der Waals surface area contributed by atoms with Crippen LogP contribution in [0.4, 0.5) is 0 Å². The summed E-state index contributed by atoms with van der Waals surface area (Å²) in [6.45, 7) is 9.97. The molecular formula is C12H25ClN2O. The van der Waals surface area contributed by atoms with Gasteiger partial charge in [0, 0.05) is 25.0 Å². The van der Waals surface area contributed by atoms with Crippen molar-refractivity contribution in [3.8, 4) is 0 Å². The quantitative estimate of drug-likeness (QED) is 0.772. The maximum Gasteiger partial charge on any atom is 0.225 e. The molecule has 1 saturated heterocycles. The topological polar surface area (TPSA) is 46.3 Å². The van der Waals surface area contributed by atoms with E-state index in [-0.39, 0.29) is 35.7 Å². The molecule has 0 aromatic carbocycles. The number of rotatable bonds is 1. The molecule has 0 radical (unpaired) electrons. The van der Waals surface area contributed by atoms with E-state index in [1.165, 1.54) is 0 Å². The van der Waals surface area contributed by atoms with Crippen molar-refractivity contribution in [2.24, 2.45) is 17.1 Å². The third kappa shape index (κ3) is 3.95. The van der Waals surface area contributed by atoms with Crippen LogP contribution in [-0.4, -0.2) is 29.9 Å². The Morgan fingerprint density at radius 1 is 1.44 bits per heavy atom. The molecule has 4 heteroatoms. The summed E-state index contributed by atoms with van der Waals surface area (Å²) in [6, 6.07) is 0.176. The second kappa shape index (κ2) is 5.87. The summed E-state index contributed by atoms with van der Waals surface area (Å²) in [6.07, 6.45) is 2.09. The summed E-state index contributed by atoms with van der Waals surface area (Å²) in [5.41, 5.74) is 5.92. The van der Waals surface area contributed by atoms with Crippen molar-refractivity contribution >= 4 is 18.3 Å². The first-order chi connectivity index (χ1) is 6.82. The normalized spacial score (nSPS) is 23.6. The molecule has 0 bridgehead atoms. The monoisotopic (exact) mass is 248 g/mol. The predicted molar refractivity (Wildman–Crippen MR) is 69.7 cm³/mol. The molecule has 0 aromatic rings. The Morgan fingerprint density at radius 2 is 2.00 bits per heavy atom. The van der Waals surface area contributed by atoms with Crippen LogP contribution in [0.25, 0.3) is 0 Å². The highest BCUT2D eigenvalue weighted by Crippen LogP contribution is 2.27. The third-order valence-electron chi connectivity index (χ3n) is 3.44. The number of nitrogens with two attached hydrogens (primary N) is 1. The summed E-state index contributed by atoms with van der Waals surface area (Å²) in [5.74, 6) is 0.334. The van der Waals surface area contributed by atoms with Gasteiger partial charge in [-0.25, -0.2) is 0 Å². The van der Waals surface area contributed by atoms with Crippen LogP contribution in [-0.2, 0) is 4.79 Å². The van der Waals surface area contributed by atoms with E-state index in [4.69, 9.17) is 5.73 Å². The van der Waals surface area contributed by atoms with Crippen LogP contribution < -0.4 is 5.73 Å². The molecule has 96 valence electrons. The van der Waals surface area contributed by atoms with Crippen molar-refractivity contribution in [2.75, 3.05) is 13.1 Å². The number of likely N-dealkylation sites (tertiary alicyclic amines) is 1. The van der Waals surface area contributed by atoms with Gasteiger partial charge in [0.2, 0.25) is 5.91 Å². The number of hydrogen-bond acceptors (Lipinski definition) is 2. The van der Waals surface area contributed by atoms with Gasteiger partial charge in [-0.3, -0.25) is 4.79 Å². The molecule has 0 aromatic heterocycles. The first kappa shape index (κ1) is 15.7. The number of amides is 1. The van der Waals surface area contributed by atoms with Gasteiger partial charge >= 0.3 is 0 Å². The van der Waals surface area contributed by atoms with E-state index in [9.17, 15) is 4.79 Å². The van der Waals surface area contributed by atoms with Gasteiger partial charge in [-0.05, 0) is 18.3 Å². The van der Waals surface area contributed by atoms with Gasteiger partial charge in [0.15, 0.2) is 0 Å². The zero-order valence-electron chi connectivity index (χ0n) is 10.8. The van der Waals surface area contributed by atoms with Crippen molar-refractivity contribution in [3.63, 3.8) is 0 Å². The number of carbonyl (C=O) groups is 1. The van der Waals surface area contributed by atoms with E-state index in [0.29, 0.717) is 0 Å². The minimum absolute atomic E-state index is 0. The Bertz CT molecular complexity index is 238. The van der Waals surface area contributed by atoms with Crippen LogP contribution in [0.15, 0.2) is 0 Å². The Morgan fingerprint density at radius 3 is 2.44 bits per heavy atom. The molecule has 1 rings (SSSR count). The predicted octanol–water partition coefficient (Wildman–Crippen LogP) is 2.04. The zero-order valence-corrected chi connectivity index (χ0v) is 11.6. The van der Waals surface area contributed by atoms with Crippen molar-refractivity contribution in [1.82, 2.24) is 4.90 Å². The minimum atomic E-state index is 0. The molecule has 1 aliphatic heterocycles. The summed E-state index contributed by atoms with van der Waals surface area (Å²) in [4.78, 5) is 14.1. The number of carbonyl (C=O) groups excluding carboxylic acids is 1. The molecule has 3 nitrogen and oxygen atoms in total. The Kier molecular flexibility index (Phi) is 5.77. The number of nitrogens with zero attached hydrogens (tertiary/aromatic N) is 1. The van der Waals surface area contributed by atoms with Crippen LogP contribution in [0.5, 0.6) is 0 Å². The van der Waals surface area contributed by atoms with E-state index in [0.717, 1.165) is 25.9 Å². The van der Waals surface area contributed by atoms with Crippen molar-refractivity contribution < 1.29 is 4.79 Å². The second-order valence-corrected chi connectivity index (χ2v) is 5.77. The lowest BCUT2D eigenvalue weighted by atomic mass is 9.81. The maximum absolute atomic E-state index is 12.2. The highest BCUT2D eigenvalue weighted by atomic mass is 35.5. The molecule has 1 amide bonds.